The number of amides is 3. The largest absolute Gasteiger partial charge is 0.461 e. The molecule has 70 heavy (non-hydrogen) atoms. The zero-order valence-corrected chi connectivity index (χ0v) is 42.3. The predicted octanol–water partition coefficient (Wildman–Crippen LogP) is 2.96. The lowest BCUT2D eigenvalue weighted by molar-refractivity contribution is -0.165. The van der Waals surface area contributed by atoms with Gasteiger partial charge in [0.25, 0.3) is 11.8 Å². The first-order valence-corrected chi connectivity index (χ1v) is 25.9. The third-order valence-electron chi connectivity index (χ3n) is 10.1. The number of nitrogen functional groups attached to an aromatic ring is 1. The molecular formula is C45H52N8O13S4. The van der Waals surface area contributed by atoms with Crippen molar-refractivity contribution in [2.45, 2.75) is 88.8 Å². The maximum Gasteiger partial charge on any atom is 0.368 e. The summed E-state index contributed by atoms with van der Waals surface area (Å²) in [7, 11) is -4.65. The Balaban J connectivity index is 1.25. The molecule has 4 aromatic rings. The van der Waals surface area contributed by atoms with Crippen molar-refractivity contribution in [1.82, 2.24) is 30.2 Å². The summed E-state index contributed by atoms with van der Waals surface area (Å²) in [5, 5.41) is 4.73. The Labute approximate surface area is 415 Å². The lowest BCUT2D eigenvalue weighted by Crippen LogP contribution is -2.71. The number of sulfonamides is 1. The van der Waals surface area contributed by atoms with Crippen molar-refractivity contribution in [1.29, 1.82) is 0 Å². The second-order valence-electron chi connectivity index (χ2n) is 17.8. The molecule has 25 heteroatoms. The number of nitrogens with one attached hydrogen (secondary N) is 3. The summed E-state index contributed by atoms with van der Waals surface area (Å²) in [6, 6.07) is 14.4. The zero-order valence-electron chi connectivity index (χ0n) is 39.0. The van der Waals surface area contributed by atoms with E-state index in [1.54, 1.807) is 102 Å². The van der Waals surface area contributed by atoms with Gasteiger partial charge < -0.3 is 41.0 Å². The number of thiazole rings is 2. The van der Waals surface area contributed by atoms with Crippen LogP contribution in [0.2, 0.25) is 0 Å². The number of ether oxygens (including phenoxy) is 4. The molecule has 2 aliphatic rings. The summed E-state index contributed by atoms with van der Waals surface area (Å²) in [6.07, 6.45) is -0.922. The van der Waals surface area contributed by atoms with Gasteiger partial charge in [-0.3, -0.25) is 24.1 Å². The minimum atomic E-state index is -4.65. The Morgan fingerprint density at radius 2 is 1.53 bits per heavy atom. The van der Waals surface area contributed by atoms with Gasteiger partial charge in [-0.25, -0.2) is 32.8 Å². The van der Waals surface area contributed by atoms with Crippen LogP contribution in [0.3, 0.4) is 0 Å². The summed E-state index contributed by atoms with van der Waals surface area (Å²) < 4.78 is 52.1. The molecule has 374 valence electrons. The number of nitrogens with zero attached hydrogens (tertiary/aromatic N) is 3. The van der Waals surface area contributed by atoms with Gasteiger partial charge in [-0.05, 0) is 52.7 Å². The molecule has 2 aliphatic heterocycles. The van der Waals surface area contributed by atoms with Gasteiger partial charge in [0.05, 0.1) is 17.0 Å². The van der Waals surface area contributed by atoms with Gasteiger partial charge in [-0.15, -0.1) is 23.1 Å². The van der Waals surface area contributed by atoms with E-state index in [-0.39, 0.29) is 39.3 Å². The van der Waals surface area contributed by atoms with Crippen molar-refractivity contribution in [2.24, 2.45) is 5.73 Å². The first-order chi connectivity index (χ1) is 32.8. The molecule has 2 aromatic heterocycles. The molecule has 4 atom stereocenters. The van der Waals surface area contributed by atoms with Gasteiger partial charge in [-0.1, -0.05) is 72.0 Å². The van der Waals surface area contributed by atoms with Gasteiger partial charge in [0, 0.05) is 30.2 Å². The van der Waals surface area contributed by atoms with E-state index in [2.05, 4.69) is 25.3 Å². The van der Waals surface area contributed by atoms with E-state index in [0.717, 1.165) is 28.0 Å². The zero-order chi connectivity index (χ0) is 51.3. The maximum atomic E-state index is 14.4. The van der Waals surface area contributed by atoms with Gasteiger partial charge in [0.2, 0.25) is 26.5 Å². The number of nitrogens with two attached hydrogens (primary N) is 2. The number of thioether (sulfide) groups is 1. The molecule has 1 fully saturated rings. The molecule has 2 aromatic carbocycles. The molecular weight excluding hydrogens is 989 g/mol. The number of carbonyl (C=O) groups is 7. The highest BCUT2D eigenvalue weighted by Gasteiger charge is 2.55. The molecule has 0 radical (unpaired) electrons. The molecule has 0 spiro atoms. The smallest absolute Gasteiger partial charge is 0.368 e. The number of hydrogen-bond donors (Lipinski definition) is 5. The van der Waals surface area contributed by atoms with E-state index < -0.39 is 110 Å². The second-order valence-corrected chi connectivity index (χ2v) is 22.5. The van der Waals surface area contributed by atoms with Gasteiger partial charge in [0.15, 0.2) is 6.10 Å². The Hall–Kier alpha value is -6.25. The fraction of sp³-hybridized carbons (Fsp3) is 0.400. The van der Waals surface area contributed by atoms with Crippen molar-refractivity contribution in [3.63, 3.8) is 0 Å². The van der Waals surface area contributed by atoms with Crippen LogP contribution in [0, 0.1) is 0 Å². The number of carbonyl (C=O) groups excluding carboxylic acids is 7. The third kappa shape index (κ3) is 12.6. The van der Waals surface area contributed by atoms with Crippen molar-refractivity contribution in [2.75, 3.05) is 30.4 Å². The van der Waals surface area contributed by atoms with Gasteiger partial charge in [-0.2, -0.15) is 4.72 Å². The summed E-state index contributed by atoms with van der Waals surface area (Å²) in [5.41, 5.74) is 10.2. The van der Waals surface area contributed by atoms with E-state index in [9.17, 15) is 42.0 Å². The van der Waals surface area contributed by atoms with Crippen molar-refractivity contribution in [3.8, 4) is 0 Å². The Kier molecular flexibility index (Phi) is 16.2. The molecule has 0 bridgehead atoms. The quantitative estimate of drug-likeness (QED) is 0.0414. The highest BCUT2D eigenvalue weighted by molar-refractivity contribution is 8.00. The van der Waals surface area contributed by atoms with Crippen molar-refractivity contribution in [3.05, 3.63) is 110 Å². The number of anilines is 1. The van der Waals surface area contributed by atoms with E-state index >= 15 is 0 Å². The lowest BCUT2D eigenvalue weighted by atomic mass is 9.95. The van der Waals surface area contributed by atoms with Crippen LogP contribution >= 0.6 is 34.4 Å². The molecule has 6 rings (SSSR count). The summed E-state index contributed by atoms with van der Waals surface area (Å²) in [4.78, 5) is 104. The van der Waals surface area contributed by atoms with Gasteiger partial charge in [0.1, 0.15) is 51.7 Å². The number of fused-ring (bicyclic) bond motifs is 1. The molecule has 7 N–H and O–H groups in total. The number of esters is 4. The summed E-state index contributed by atoms with van der Waals surface area (Å²) in [5.74, 6) is -7.57. The van der Waals surface area contributed by atoms with E-state index in [4.69, 9.17) is 30.4 Å². The number of β-lactam (4-membered cyclic amide) rings is 1. The third-order valence-corrected chi connectivity index (χ3v) is 14.2. The summed E-state index contributed by atoms with van der Waals surface area (Å²) in [6.45, 7) is 9.70. The lowest BCUT2D eigenvalue weighted by Gasteiger charge is -2.50. The number of aromatic nitrogens is 2. The molecule has 0 unspecified atom stereocenters. The minimum Gasteiger partial charge on any atom is -0.461 e. The van der Waals surface area contributed by atoms with Gasteiger partial charge >= 0.3 is 23.9 Å². The topological polar surface area (TPSA) is 308 Å². The van der Waals surface area contributed by atoms with Crippen LogP contribution in [0.5, 0.6) is 0 Å². The normalized spacial score (nSPS) is 17.3. The average molecular weight is 1040 g/mol. The minimum absolute atomic E-state index is 0.0421. The fourth-order valence-electron chi connectivity index (χ4n) is 6.90. The van der Waals surface area contributed by atoms with E-state index in [1.165, 1.54) is 17.8 Å². The summed E-state index contributed by atoms with van der Waals surface area (Å²) >= 11 is 2.79. The Morgan fingerprint density at radius 1 is 0.914 bits per heavy atom. The highest BCUT2D eigenvalue weighted by atomic mass is 32.2. The van der Waals surface area contributed by atoms with Crippen LogP contribution < -0.4 is 26.8 Å². The van der Waals surface area contributed by atoms with Crippen LogP contribution in [0.15, 0.2) is 82.8 Å². The highest BCUT2D eigenvalue weighted by Crippen LogP contribution is 2.42. The SMILES string of the molecule is CC(=O)OCC1=C(C(=O)OC(c2ccccc2)c2ccccc2)N2C(=O)[C@@H](NC(=O)[C@H](NS(=O)(=O)CCNC(=O)[C@](N)(C(=O)OC(C)(C)C)c3cscn3)c3nc(C(=O)OC(C)(C)C)sc3N)[C@H]2SC1. The molecule has 3 amide bonds. The standard InChI is InChI=1S/C45H52N8O13S4/c1-24(54)63-20-27-21-68-38-31(37(56)53(38)32(27)39(57)64-33(25-14-10-8-11-15-25)26-16-12-9-13-17-26)50-35(55)30(29-34(46)69-36(51-29)40(58)65-43(2,3)4)52-70(61,62)19-18-48-41(59)45(47,28-22-67-23-49-28)42(60)66-44(5,6)7/h8-17,22-23,30-31,33,38,52H,18-21,46-47H2,1-7H3,(H,48,59)(H,50,55)/t30-,31-,38-,45+/m1/s1. The second kappa shape index (κ2) is 21.4. The fourth-order valence-corrected chi connectivity index (χ4v) is 10.7. The van der Waals surface area contributed by atoms with Crippen LogP contribution in [0.1, 0.15) is 92.9 Å². The monoisotopic (exact) mass is 1040 g/mol. The average Bonchev–Trinajstić information content (AvgIpc) is 3.98. The maximum absolute atomic E-state index is 14.4. The number of hydrogen-bond acceptors (Lipinski definition) is 20. The van der Waals surface area contributed by atoms with E-state index in [1.807, 2.05) is 0 Å². The van der Waals surface area contributed by atoms with Crippen LogP contribution in [-0.4, -0.2) is 112 Å². The number of rotatable bonds is 18. The first-order valence-electron chi connectivity index (χ1n) is 21.4. The first kappa shape index (κ1) is 53.1. The van der Waals surface area contributed by atoms with Crippen LogP contribution in [0.25, 0.3) is 0 Å². The Bertz CT molecular complexity index is 2740. The van der Waals surface area contributed by atoms with Crippen LogP contribution in [-0.2, 0) is 63.3 Å². The van der Waals surface area contributed by atoms with Crippen LogP contribution in [0.4, 0.5) is 5.00 Å². The molecule has 0 aliphatic carbocycles. The Morgan fingerprint density at radius 3 is 2.09 bits per heavy atom. The van der Waals surface area contributed by atoms with E-state index in [0.29, 0.717) is 22.5 Å². The molecule has 1 saturated heterocycles. The molecule has 4 heterocycles. The van der Waals surface area contributed by atoms with Crippen molar-refractivity contribution < 1.29 is 60.9 Å². The van der Waals surface area contributed by atoms with Crippen molar-refractivity contribution >= 4 is 91.1 Å². The number of benzene rings is 2. The molecule has 0 saturated carbocycles. The molecule has 21 nitrogen and oxygen atoms in total. The predicted molar refractivity (Wildman–Crippen MR) is 258 cm³/mol.